The topological polar surface area (TPSA) is 38.2 Å². The van der Waals surface area contributed by atoms with Gasteiger partial charge < -0.3 is 4.74 Å². The molecule has 1 aromatic rings. The lowest BCUT2D eigenvalue weighted by molar-refractivity contribution is 0.146. The third-order valence-electron chi connectivity index (χ3n) is 2.29. The van der Waals surface area contributed by atoms with Crippen molar-refractivity contribution in [3.8, 4) is 0 Å². The van der Waals surface area contributed by atoms with Crippen LogP contribution >= 0.6 is 11.6 Å². The predicted molar refractivity (Wildman–Crippen MR) is 64.6 cm³/mol. The maximum absolute atomic E-state index is 5.89. The van der Waals surface area contributed by atoms with Crippen molar-refractivity contribution < 1.29 is 4.74 Å². The highest BCUT2D eigenvalue weighted by Gasteiger charge is 2.07. The summed E-state index contributed by atoms with van der Waals surface area (Å²) < 4.78 is 5.05. The summed E-state index contributed by atoms with van der Waals surface area (Å²) in [4.78, 5) is 10.8. The summed E-state index contributed by atoms with van der Waals surface area (Å²) in [5, 5.41) is 0.505. The van der Waals surface area contributed by atoms with Gasteiger partial charge in [-0.1, -0.05) is 18.5 Å². The SMILES string of the molecule is CCN(CCOC)Cc1nc(C)cc(Cl)n1. The van der Waals surface area contributed by atoms with Gasteiger partial charge in [-0.25, -0.2) is 9.97 Å². The summed E-state index contributed by atoms with van der Waals surface area (Å²) in [7, 11) is 1.70. The molecule has 0 N–H and O–H groups in total. The van der Waals surface area contributed by atoms with Crippen LogP contribution < -0.4 is 0 Å². The standard InChI is InChI=1S/C11H18ClN3O/c1-4-15(5-6-16-3)8-11-13-9(2)7-10(12)14-11/h7H,4-6,8H2,1-3H3. The van der Waals surface area contributed by atoms with Gasteiger partial charge in [0.05, 0.1) is 13.2 Å². The van der Waals surface area contributed by atoms with Gasteiger partial charge in [-0.3, -0.25) is 4.90 Å². The van der Waals surface area contributed by atoms with E-state index in [1.807, 2.05) is 6.92 Å². The van der Waals surface area contributed by atoms with Crippen LogP contribution in [0.2, 0.25) is 5.15 Å². The second kappa shape index (κ2) is 6.78. The second-order valence-electron chi connectivity index (χ2n) is 3.61. The summed E-state index contributed by atoms with van der Waals surface area (Å²) in [6.45, 7) is 7.27. The van der Waals surface area contributed by atoms with Gasteiger partial charge in [0, 0.05) is 19.3 Å². The van der Waals surface area contributed by atoms with Crippen molar-refractivity contribution in [2.45, 2.75) is 20.4 Å². The number of hydrogen-bond donors (Lipinski definition) is 0. The molecule has 0 bridgehead atoms. The largest absolute Gasteiger partial charge is 0.383 e. The van der Waals surface area contributed by atoms with Crippen molar-refractivity contribution in [1.29, 1.82) is 0 Å². The minimum absolute atomic E-state index is 0.505. The van der Waals surface area contributed by atoms with Crippen LogP contribution in [0.15, 0.2) is 6.07 Å². The first-order valence-corrected chi connectivity index (χ1v) is 5.74. The molecular weight excluding hydrogens is 226 g/mol. The Morgan fingerprint density at radius 1 is 1.44 bits per heavy atom. The van der Waals surface area contributed by atoms with Gasteiger partial charge in [0.15, 0.2) is 0 Å². The van der Waals surface area contributed by atoms with E-state index in [9.17, 15) is 0 Å². The zero-order valence-electron chi connectivity index (χ0n) is 10.0. The van der Waals surface area contributed by atoms with Gasteiger partial charge in [-0.15, -0.1) is 0 Å². The van der Waals surface area contributed by atoms with Crippen LogP contribution in [0.3, 0.4) is 0 Å². The van der Waals surface area contributed by atoms with E-state index < -0.39 is 0 Å². The van der Waals surface area contributed by atoms with E-state index in [1.165, 1.54) is 0 Å². The molecule has 1 heterocycles. The zero-order valence-corrected chi connectivity index (χ0v) is 10.8. The summed E-state index contributed by atoms with van der Waals surface area (Å²) in [6.07, 6.45) is 0. The van der Waals surface area contributed by atoms with Crippen molar-refractivity contribution in [3.63, 3.8) is 0 Å². The Balaban J connectivity index is 2.62. The number of rotatable bonds is 6. The van der Waals surface area contributed by atoms with E-state index >= 15 is 0 Å². The highest BCUT2D eigenvalue weighted by molar-refractivity contribution is 6.29. The fourth-order valence-electron chi connectivity index (χ4n) is 1.43. The van der Waals surface area contributed by atoms with Gasteiger partial charge >= 0.3 is 0 Å². The summed E-state index contributed by atoms with van der Waals surface area (Å²) >= 11 is 5.89. The lowest BCUT2D eigenvalue weighted by Crippen LogP contribution is -2.27. The molecule has 0 aromatic carbocycles. The Kier molecular flexibility index (Phi) is 5.66. The Bertz CT molecular complexity index is 313. The van der Waals surface area contributed by atoms with Gasteiger partial charge in [0.1, 0.15) is 11.0 Å². The van der Waals surface area contributed by atoms with Gasteiger partial charge in [0.2, 0.25) is 0 Å². The van der Waals surface area contributed by atoms with Crippen LogP contribution in [0.4, 0.5) is 0 Å². The van der Waals surface area contributed by atoms with Crippen LogP contribution in [-0.2, 0) is 11.3 Å². The van der Waals surface area contributed by atoms with Crippen LogP contribution in [-0.4, -0.2) is 41.7 Å². The number of halogens is 1. The molecule has 0 fully saturated rings. The van der Waals surface area contributed by atoms with E-state index in [-0.39, 0.29) is 0 Å². The quantitative estimate of drug-likeness (QED) is 0.716. The number of methoxy groups -OCH3 is 1. The zero-order chi connectivity index (χ0) is 12.0. The van der Waals surface area contributed by atoms with Crippen molar-refractivity contribution in [2.75, 3.05) is 26.8 Å². The van der Waals surface area contributed by atoms with Crippen LogP contribution in [0.1, 0.15) is 18.4 Å². The van der Waals surface area contributed by atoms with Crippen molar-refractivity contribution in [3.05, 3.63) is 22.7 Å². The monoisotopic (exact) mass is 243 g/mol. The predicted octanol–water partition coefficient (Wildman–Crippen LogP) is 1.91. The Morgan fingerprint density at radius 3 is 2.75 bits per heavy atom. The van der Waals surface area contributed by atoms with Gasteiger partial charge in [-0.05, 0) is 19.5 Å². The van der Waals surface area contributed by atoms with Crippen molar-refractivity contribution >= 4 is 11.6 Å². The van der Waals surface area contributed by atoms with Gasteiger partial charge in [-0.2, -0.15) is 0 Å². The molecule has 0 aliphatic heterocycles. The number of likely N-dealkylation sites (N-methyl/N-ethyl adjacent to an activating group) is 1. The molecule has 0 atom stereocenters. The molecule has 0 amide bonds. The average Bonchev–Trinajstić information content (AvgIpc) is 2.22. The third kappa shape index (κ3) is 4.43. The number of hydrogen-bond acceptors (Lipinski definition) is 4. The number of aromatic nitrogens is 2. The van der Waals surface area contributed by atoms with Crippen molar-refractivity contribution in [2.24, 2.45) is 0 Å². The molecule has 0 aliphatic carbocycles. The fraction of sp³-hybridized carbons (Fsp3) is 0.636. The van der Waals surface area contributed by atoms with Crippen LogP contribution in [0.25, 0.3) is 0 Å². The number of aryl methyl sites for hydroxylation is 1. The molecular formula is C11H18ClN3O. The molecule has 0 radical (unpaired) electrons. The molecule has 16 heavy (non-hydrogen) atoms. The molecule has 1 aromatic heterocycles. The molecule has 5 heteroatoms. The maximum Gasteiger partial charge on any atom is 0.144 e. The summed E-state index contributed by atoms with van der Waals surface area (Å²) in [6, 6.07) is 1.76. The number of nitrogens with zero attached hydrogens (tertiary/aromatic N) is 3. The lowest BCUT2D eigenvalue weighted by Gasteiger charge is -2.18. The minimum Gasteiger partial charge on any atom is -0.383 e. The van der Waals surface area contributed by atoms with E-state index in [0.29, 0.717) is 18.3 Å². The van der Waals surface area contributed by atoms with Crippen LogP contribution in [0.5, 0.6) is 0 Å². The van der Waals surface area contributed by atoms with E-state index in [1.54, 1.807) is 13.2 Å². The number of ether oxygens (including phenoxy) is 1. The molecule has 0 unspecified atom stereocenters. The second-order valence-corrected chi connectivity index (χ2v) is 4.00. The third-order valence-corrected chi connectivity index (χ3v) is 2.49. The highest BCUT2D eigenvalue weighted by Crippen LogP contribution is 2.08. The van der Waals surface area contributed by atoms with E-state index in [0.717, 1.165) is 24.6 Å². The Morgan fingerprint density at radius 2 is 2.19 bits per heavy atom. The first-order chi connectivity index (χ1) is 7.65. The normalized spacial score (nSPS) is 11.1. The molecule has 4 nitrogen and oxygen atoms in total. The van der Waals surface area contributed by atoms with E-state index in [4.69, 9.17) is 16.3 Å². The lowest BCUT2D eigenvalue weighted by atomic mass is 10.4. The fourth-order valence-corrected chi connectivity index (χ4v) is 1.68. The molecule has 0 saturated carbocycles. The maximum atomic E-state index is 5.89. The highest BCUT2D eigenvalue weighted by atomic mass is 35.5. The average molecular weight is 244 g/mol. The molecule has 90 valence electrons. The molecule has 0 spiro atoms. The Labute approximate surface area is 102 Å². The van der Waals surface area contributed by atoms with Gasteiger partial charge in [0.25, 0.3) is 0 Å². The molecule has 0 saturated heterocycles. The Hall–Kier alpha value is -0.710. The van der Waals surface area contributed by atoms with Crippen molar-refractivity contribution in [1.82, 2.24) is 14.9 Å². The van der Waals surface area contributed by atoms with Crippen LogP contribution in [0, 0.1) is 6.92 Å². The summed E-state index contributed by atoms with van der Waals surface area (Å²) in [5.41, 5.74) is 0.901. The first kappa shape index (κ1) is 13.4. The van der Waals surface area contributed by atoms with E-state index in [2.05, 4.69) is 21.8 Å². The smallest absolute Gasteiger partial charge is 0.144 e. The minimum atomic E-state index is 0.505. The molecule has 0 aliphatic rings. The molecule has 1 rings (SSSR count). The summed E-state index contributed by atoms with van der Waals surface area (Å²) in [5.74, 6) is 0.767. The first-order valence-electron chi connectivity index (χ1n) is 5.37.